The predicted octanol–water partition coefficient (Wildman–Crippen LogP) is 5.58. The summed E-state index contributed by atoms with van der Waals surface area (Å²) in [4.78, 5) is 23.3. The number of rotatable bonds is 11. The van der Waals surface area contributed by atoms with Gasteiger partial charge in [0.25, 0.3) is 0 Å². The molecule has 0 amide bonds. The zero-order valence-corrected chi connectivity index (χ0v) is 15.2. The van der Waals surface area contributed by atoms with Gasteiger partial charge in [0.05, 0.1) is 0 Å². The summed E-state index contributed by atoms with van der Waals surface area (Å²) in [5.74, 6) is 3.29. The van der Waals surface area contributed by atoms with Gasteiger partial charge in [-0.15, -0.1) is 0 Å². The van der Waals surface area contributed by atoms with Crippen molar-refractivity contribution < 1.29 is 9.59 Å². The van der Waals surface area contributed by atoms with E-state index < -0.39 is 0 Å². The normalized spacial score (nSPS) is 23.0. The van der Waals surface area contributed by atoms with Gasteiger partial charge in [-0.2, -0.15) is 0 Å². The molecule has 0 aromatic rings. The van der Waals surface area contributed by atoms with Gasteiger partial charge in [0.1, 0.15) is 11.6 Å². The van der Waals surface area contributed by atoms with Crippen molar-refractivity contribution in [2.45, 2.75) is 91.9 Å². The Morgan fingerprint density at radius 1 is 1.05 bits per heavy atom. The molecule has 2 nitrogen and oxygen atoms in total. The van der Waals surface area contributed by atoms with Crippen molar-refractivity contribution in [3.05, 3.63) is 0 Å². The van der Waals surface area contributed by atoms with Crippen molar-refractivity contribution in [1.29, 1.82) is 0 Å². The summed E-state index contributed by atoms with van der Waals surface area (Å²) in [6, 6.07) is 0. The van der Waals surface area contributed by atoms with E-state index in [2.05, 4.69) is 20.8 Å². The first kappa shape index (κ1) is 19.4. The molecule has 0 bridgehead atoms. The number of Topliss-reactive ketones (excluding diaryl/α,β-unsaturated/α-hetero) is 2. The average molecular weight is 309 g/mol. The molecular formula is C20H36O2. The van der Waals surface area contributed by atoms with Crippen LogP contribution >= 0.6 is 0 Å². The highest BCUT2D eigenvalue weighted by atomic mass is 16.1. The first-order valence-corrected chi connectivity index (χ1v) is 9.47. The Morgan fingerprint density at radius 2 is 1.73 bits per heavy atom. The predicted molar refractivity (Wildman–Crippen MR) is 92.8 cm³/mol. The molecular weight excluding hydrogens is 272 g/mol. The summed E-state index contributed by atoms with van der Waals surface area (Å²) >= 11 is 0. The second-order valence-corrected chi connectivity index (χ2v) is 7.68. The Bertz CT molecular complexity index is 346. The molecule has 0 heterocycles. The van der Waals surface area contributed by atoms with Crippen LogP contribution < -0.4 is 0 Å². The van der Waals surface area contributed by atoms with Crippen LogP contribution in [-0.2, 0) is 9.59 Å². The highest BCUT2D eigenvalue weighted by molar-refractivity contribution is 5.78. The minimum atomic E-state index is 0.321. The maximum atomic E-state index is 11.7. The van der Waals surface area contributed by atoms with Gasteiger partial charge in [0.15, 0.2) is 0 Å². The summed E-state index contributed by atoms with van der Waals surface area (Å²) in [5, 5.41) is 0. The van der Waals surface area contributed by atoms with Gasteiger partial charge in [-0.05, 0) is 63.2 Å². The van der Waals surface area contributed by atoms with Crippen LogP contribution in [0.15, 0.2) is 0 Å². The maximum absolute atomic E-state index is 11.7. The van der Waals surface area contributed by atoms with Gasteiger partial charge in [-0.25, -0.2) is 0 Å². The smallest absolute Gasteiger partial charge is 0.132 e. The fourth-order valence-electron chi connectivity index (χ4n) is 4.09. The number of unbranched alkanes of at least 4 members (excludes halogenated alkanes) is 2. The topological polar surface area (TPSA) is 34.1 Å². The fraction of sp³-hybridized carbons (Fsp3) is 0.900. The minimum absolute atomic E-state index is 0.321. The van der Waals surface area contributed by atoms with Gasteiger partial charge in [-0.3, -0.25) is 9.59 Å². The van der Waals surface area contributed by atoms with Crippen LogP contribution in [0.3, 0.4) is 0 Å². The van der Waals surface area contributed by atoms with Gasteiger partial charge in [-0.1, -0.05) is 33.6 Å². The third-order valence-corrected chi connectivity index (χ3v) is 5.56. The molecule has 0 N–H and O–H groups in total. The molecule has 1 aliphatic carbocycles. The van der Waals surface area contributed by atoms with Gasteiger partial charge in [0, 0.05) is 18.8 Å². The van der Waals surface area contributed by atoms with Crippen molar-refractivity contribution in [3.63, 3.8) is 0 Å². The van der Waals surface area contributed by atoms with E-state index in [0.717, 1.165) is 56.8 Å². The summed E-state index contributed by atoms with van der Waals surface area (Å²) in [7, 11) is 0. The fourth-order valence-corrected chi connectivity index (χ4v) is 4.09. The second kappa shape index (κ2) is 10.2. The minimum Gasteiger partial charge on any atom is -0.300 e. The first-order chi connectivity index (χ1) is 10.5. The van der Waals surface area contributed by atoms with Crippen molar-refractivity contribution >= 4 is 11.6 Å². The van der Waals surface area contributed by atoms with E-state index in [-0.39, 0.29) is 0 Å². The van der Waals surface area contributed by atoms with Gasteiger partial charge < -0.3 is 0 Å². The lowest BCUT2D eigenvalue weighted by Gasteiger charge is -2.27. The number of hydrogen-bond donors (Lipinski definition) is 0. The molecule has 0 saturated heterocycles. The van der Waals surface area contributed by atoms with Crippen LogP contribution in [0.25, 0.3) is 0 Å². The Balaban J connectivity index is 2.30. The zero-order chi connectivity index (χ0) is 16.5. The third kappa shape index (κ3) is 6.62. The zero-order valence-electron chi connectivity index (χ0n) is 15.2. The van der Waals surface area contributed by atoms with Crippen LogP contribution in [0.4, 0.5) is 0 Å². The van der Waals surface area contributed by atoms with E-state index in [0.29, 0.717) is 23.4 Å². The van der Waals surface area contributed by atoms with E-state index in [1.807, 2.05) is 0 Å². The monoisotopic (exact) mass is 308 g/mol. The number of carbonyl (C=O) groups is 2. The summed E-state index contributed by atoms with van der Waals surface area (Å²) in [5.41, 5.74) is 0. The molecule has 0 spiro atoms. The largest absolute Gasteiger partial charge is 0.300 e. The van der Waals surface area contributed by atoms with Crippen LogP contribution in [0.5, 0.6) is 0 Å². The molecule has 0 radical (unpaired) electrons. The summed E-state index contributed by atoms with van der Waals surface area (Å²) in [6.45, 7) is 8.52. The first-order valence-electron chi connectivity index (χ1n) is 9.47. The van der Waals surface area contributed by atoms with Gasteiger partial charge >= 0.3 is 0 Å². The van der Waals surface area contributed by atoms with E-state index in [1.165, 1.54) is 19.3 Å². The lowest BCUT2D eigenvalue weighted by molar-refractivity contribution is -0.121. The highest BCUT2D eigenvalue weighted by Gasteiger charge is 2.33. The average Bonchev–Trinajstić information content (AvgIpc) is 2.94. The van der Waals surface area contributed by atoms with Crippen LogP contribution in [0, 0.1) is 23.7 Å². The molecule has 1 aliphatic rings. The van der Waals surface area contributed by atoms with E-state index in [9.17, 15) is 9.59 Å². The van der Waals surface area contributed by atoms with Crippen molar-refractivity contribution in [1.82, 2.24) is 0 Å². The van der Waals surface area contributed by atoms with Crippen LogP contribution in [0.1, 0.15) is 91.9 Å². The third-order valence-electron chi connectivity index (χ3n) is 5.56. The maximum Gasteiger partial charge on any atom is 0.132 e. The lowest BCUT2D eigenvalue weighted by Crippen LogP contribution is -2.19. The van der Waals surface area contributed by atoms with Crippen LogP contribution in [0.2, 0.25) is 0 Å². The van der Waals surface area contributed by atoms with E-state index in [4.69, 9.17) is 0 Å². The second-order valence-electron chi connectivity index (χ2n) is 7.68. The molecule has 22 heavy (non-hydrogen) atoms. The van der Waals surface area contributed by atoms with E-state index >= 15 is 0 Å². The Labute approximate surface area is 137 Å². The summed E-state index contributed by atoms with van der Waals surface area (Å²) < 4.78 is 0. The van der Waals surface area contributed by atoms with Crippen molar-refractivity contribution in [2.24, 2.45) is 23.7 Å². The Hall–Kier alpha value is -0.660. The number of carbonyl (C=O) groups excluding carboxylic acids is 2. The molecule has 3 atom stereocenters. The number of hydrogen-bond acceptors (Lipinski definition) is 2. The van der Waals surface area contributed by atoms with Crippen LogP contribution in [-0.4, -0.2) is 11.6 Å². The van der Waals surface area contributed by atoms with Crippen molar-refractivity contribution in [3.8, 4) is 0 Å². The quantitative estimate of drug-likeness (QED) is 0.467. The van der Waals surface area contributed by atoms with Crippen molar-refractivity contribution in [2.75, 3.05) is 0 Å². The number of ketones is 2. The SMILES string of the molecule is CCCCC(=O)CCCCC(C(C)C)C1CC[C@H](C(C)=O)C1. The summed E-state index contributed by atoms with van der Waals surface area (Å²) in [6.07, 6.45) is 10.6. The standard InChI is InChI=1S/C20H36O2/c1-5-6-9-19(22)10-7-8-11-20(15(2)3)18-13-12-17(14-18)16(4)21/h15,17-18,20H,5-14H2,1-4H3/t17-,18?,20?/m0/s1. The Kier molecular flexibility index (Phi) is 8.97. The van der Waals surface area contributed by atoms with E-state index in [1.54, 1.807) is 6.92 Å². The molecule has 1 rings (SSSR count). The molecule has 0 aromatic heterocycles. The highest BCUT2D eigenvalue weighted by Crippen LogP contribution is 2.41. The molecule has 1 fully saturated rings. The molecule has 2 unspecified atom stereocenters. The molecule has 1 saturated carbocycles. The molecule has 128 valence electrons. The molecule has 0 aliphatic heterocycles. The lowest BCUT2D eigenvalue weighted by atomic mass is 9.78. The Morgan fingerprint density at radius 3 is 2.27 bits per heavy atom. The molecule has 2 heteroatoms. The molecule has 0 aromatic carbocycles. The van der Waals surface area contributed by atoms with Gasteiger partial charge in [0.2, 0.25) is 0 Å².